The van der Waals surface area contributed by atoms with Gasteiger partial charge in [0.2, 0.25) is 0 Å². The fraction of sp³-hybridized carbons (Fsp3) is 0.370. The Kier molecular flexibility index (Phi) is 5.99. The Bertz CT molecular complexity index is 1150. The van der Waals surface area contributed by atoms with Gasteiger partial charge in [0.15, 0.2) is 5.82 Å². The van der Waals surface area contributed by atoms with Crippen molar-refractivity contribution in [1.82, 2.24) is 14.9 Å². The van der Waals surface area contributed by atoms with Crippen LogP contribution in [-0.4, -0.2) is 60.0 Å². The van der Waals surface area contributed by atoms with Crippen molar-refractivity contribution in [3.63, 3.8) is 0 Å². The number of amides is 1. The highest BCUT2D eigenvalue weighted by atomic mass is 16.2. The first kappa shape index (κ1) is 21.4. The highest BCUT2D eigenvalue weighted by Crippen LogP contribution is 2.30. The lowest BCUT2D eigenvalue weighted by Gasteiger charge is -2.37. The first-order valence-electron chi connectivity index (χ1n) is 11.9. The molecule has 0 atom stereocenters. The SMILES string of the molecule is Cc1cccc(N2CCN(C(=O)c3cccc(-c4nccnc4N4CCCC4)c3)CC2)c1C. The zero-order valence-electron chi connectivity index (χ0n) is 19.5. The molecule has 0 aliphatic carbocycles. The van der Waals surface area contributed by atoms with Crippen molar-refractivity contribution in [3.8, 4) is 11.3 Å². The van der Waals surface area contributed by atoms with Gasteiger partial charge in [-0.15, -0.1) is 0 Å². The van der Waals surface area contributed by atoms with Gasteiger partial charge < -0.3 is 14.7 Å². The van der Waals surface area contributed by atoms with E-state index in [0.29, 0.717) is 5.56 Å². The Labute approximate surface area is 195 Å². The van der Waals surface area contributed by atoms with Crippen LogP contribution >= 0.6 is 0 Å². The predicted molar refractivity (Wildman–Crippen MR) is 133 cm³/mol. The van der Waals surface area contributed by atoms with Crippen LogP contribution in [-0.2, 0) is 0 Å². The number of aryl methyl sites for hydroxylation is 1. The average Bonchev–Trinajstić information content (AvgIpc) is 3.40. The number of anilines is 2. The van der Waals surface area contributed by atoms with E-state index in [9.17, 15) is 4.79 Å². The molecule has 0 spiro atoms. The number of rotatable bonds is 4. The van der Waals surface area contributed by atoms with E-state index in [1.807, 2.05) is 29.2 Å². The van der Waals surface area contributed by atoms with Crippen molar-refractivity contribution < 1.29 is 4.79 Å². The van der Waals surface area contributed by atoms with Crippen LogP contribution in [0.5, 0.6) is 0 Å². The molecule has 3 aromatic rings. The van der Waals surface area contributed by atoms with Crippen molar-refractivity contribution in [1.29, 1.82) is 0 Å². The van der Waals surface area contributed by atoms with Crippen LogP contribution in [0.1, 0.15) is 34.3 Å². The number of hydrogen-bond donors (Lipinski definition) is 0. The van der Waals surface area contributed by atoms with E-state index in [1.54, 1.807) is 12.4 Å². The average molecular weight is 442 g/mol. The summed E-state index contributed by atoms with van der Waals surface area (Å²) in [6.07, 6.45) is 5.85. The lowest BCUT2D eigenvalue weighted by atomic mass is 10.1. The maximum Gasteiger partial charge on any atom is 0.253 e. The number of benzene rings is 2. The van der Waals surface area contributed by atoms with Crippen molar-refractivity contribution in [2.75, 3.05) is 49.1 Å². The molecular formula is C27H31N5O. The van der Waals surface area contributed by atoms with Crippen LogP contribution in [0.3, 0.4) is 0 Å². The Hall–Kier alpha value is -3.41. The molecule has 170 valence electrons. The molecule has 0 radical (unpaired) electrons. The van der Waals surface area contributed by atoms with E-state index in [-0.39, 0.29) is 5.91 Å². The predicted octanol–water partition coefficient (Wildman–Crippen LogP) is 4.32. The normalized spacial score (nSPS) is 16.4. The van der Waals surface area contributed by atoms with Gasteiger partial charge in [-0.05, 0) is 56.0 Å². The van der Waals surface area contributed by atoms with Crippen LogP contribution < -0.4 is 9.80 Å². The summed E-state index contributed by atoms with van der Waals surface area (Å²) in [6.45, 7) is 9.48. The van der Waals surface area contributed by atoms with Crippen LogP contribution in [0, 0.1) is 13.8 Å². The molecule has 6 heteroatoms. The molecule has 0 saturated carbocycles. The maximum absolute atomic E-state index is 13.3. The summed E-state index contributed by atoms with van der Waals surface area (Å²) >= 11 is 0. The summed E-state index contributed by atoms with van der Waals surface area (Å²) in [6, 6.07) is 14.3. The van der Waals surface area contributed by atoms with E-state index in [2.05, 4.69) is 51.8 Å². The minimum atomic E-state index is 0.0871. The number of carbonyl (C=O) groups excluding carboxylic acids is 1. The van der Waals surface area contributed by atoms with Crippen molar-refractivity contribution in [2.45, 2.75) is 26.7 Å². The second-order valence-electron chi connectivity index (χ2n) is 9.00. The van der Waals surface area contributed by atoms with Crippen LogP contribution in [0.15, 0.2) is 54.9 Å². The summed E-state index contributed by atoms with van der Waals surface area (Å²) in [7, 11) is 0. The molecule has 33 heavy (non-hydrogen) atoms. The quantitative estimate of drug-likeness (QED) is 0.603. The number of carbonyl (C=O) groups is 1. The van der Waals surface area contributed by atoms with E-state index in [4.69, 9.17) is 0 Å². The third kappa shape index (κ3) is 4.30. The van der Waals surface area contributed by atoms with Crippen LogP contribution in [0.2, 0.25) is 0 Å². The van der Waals surface area contributed by atoms with Crippen LogP contribution in [0.25, 0.3) is 11.3 Å². The molecule has 1 aromatic heterocycles. The summed E-state index contributed by atoms with van der Waals surface area (Å²) in [5, 5.41) is 0. The Morgan fingerprint density at radius 2 is 1.55 bits per heavy atom. The molecule has 1 amide bonds. The third-order valence-electron chi connectivity index (χ3n) is 6.95. The number of nitrogens with zero attached hydrogens (tertiary/aromatic N) is 5. The molecule has 3 heterocycles. The zero-order valence-corrected chi connectivity index (χ0v) is 19.5. The first-order valence-corrected chi connectivity index (χ1v) is 11.9. The van der Waals surface area contributed by atoms with E-state index >= 15 is 0 Å². The van der Waals surface area contributed by atoms with Crippen LogP contribution in [0.4, 0.5) is 11.5 Å². The van der Waals surface area contributed by atoms with Gasteiger partial charge in [0.25, 0.3) is 5.91 Å². The smallest absolute Gasteiger partial charge is 0.253 e. The van der Waals surface area contributed by atoms with Crippen molar-refractivity contribution >= 4 is 17.4 Å². The Balaban J connectivity index is 1.32. The number of piperazine rings is 1. The third-order valence-corrected chi connectivity index (χ3v) is 6.95. The topological polar surface area (TPSA) is 52.6 Å². The van der Waals surface area contributed by atoms with Gasteiger partial charge in [0.05, 0.1) is 0 Å². The molecule has 0 unspecified atom stereocenters. The molecule has 2 aliphatic heterocycles. The minimum absolute atomic E-state index is 0.0871. The molecular weight excluding hydrogens is 410 g/mol. The summed E-state index contributed by atoms with van der Waals surface area (Å²) in [5.41, 5.74) is 6.42. The molecule has 0 bridgehead atoms. The zero-order chi connectivity index (χ0) is 22.8. The number of aromatic nitrogens is 2. The van der Waals surface area contributed by atoms with Gasteiger partial charge in [-0.2, -0.15) is 0 Å². The molecule has 6 nitrogen and oxygen atoms in total. The van der Waals surface area contributed by atoms with E-state index < -0.39 is 0 Å². The standard InChI is InChI=1S/C27H31N5O/c1-20-7-5-10-24(21(20)2)30-15-17-32(18-16-30)27(33)23-9-6-8-22(19-23)25-26(29-12-11-28-25)31-13-3-4-14-31/h5-12,19H,3-4,13-18H2,1-2H3. The molecule has 2 fully saturated rings. The summed E-state index contributed by atoms with van der Waals surface area (Å²) in [5.74, 6) is 1.01. The second kappa shape index (κ2) is 9.22. The molecule has 2 aliphatic rings. The van der Waals surface area contributed by atoms with Crippen molar-refractivity contribution in [3.05, 3.63) is 71.5 Å². The lowest BCUT2D eigenvalue weighted by Crippen LogP contribution is -2.49. The highest BCUT2D eigenvalue weighted by Gasteiger charge is 2.24. The highest BCUT2D eigenvalue weighted by molar-refractivity contribution is 5.96. The minimum Gasteiger partial charge on any atom is -0.368 e. The monoisotopic (exact) mass is 441 g/mol. The molecule has 0 N–H and O–H groups in total. The fourth-order valence-corrected chi connectivity index (χ4v) is 4.91. The van der Waals surface area contributed by atoms with E-state index in [0.717, 1.165) is 56.3 Å². The largest absolute Gasteiger partial charge is 0.368 e. The van der Waals surface area contributed by atoms with Gasteiger partial charge in [-0.25, -0.2) is 4.98 Å². The Morgan fingerprint density at radius 1 is 0.818 bits per heavy atom. The first-order chi connectivity index (χ1) is 16.1. The van der Waals surface area contributed by atoms with Gasteiger partial charge >= 0.3 is 0 Å². The Morgan fingerprint density at radius 3 is 2.33 bits per heavy atom. The molecule has 2 aromatic carbocycles. The molecule has 5 rings (SSSR count). The second-order valence-corrected chi connectivity index (χ2v) is 9.00. The molecule has 2 saturated heterocycles. The lowest BCUT2D eigenvalue weighted by molar-refractivity contribution is 0.0747. The number of hydrogen-bond acceptors (Lipinski definition) is 5. The van der Waals surface area contributed by atoms with Gasteiger partial charge in [0, 0.05) is 68.5 Å². The van der Waals surface area contributed by atoms with Crippen molar-refractivity contribution in [2.24, 2.45) is 0 Å². The maximum atomic E-state index is 13.3. The summed E-state index contributed by atoms with van der Waals surface area (Å²) in [4.78, 5) is 29.3. The van der Waals surface area contributed by atoms with Gasteiger partial charge in [-0.3, -0.25) is 9.78 Å². The van der Waals surface area contributed by atoms with Gasteiger partial charge in [0.1, 0.15) is 5.69 Å². The van der Waals surface area contributed by atoms with Gasteiger partial charge in [-0.1, -0.05) is 24.3 Å². The summed E-state index contributed by atoms with van der Waals surface area (Å²) < 4.78 is 0. The fourth-order valence-electron chi connectivity index (χ4n) is 4.91. The van der Waals surface area contributed by atoms with E-state index in [1.165, 1.54) is 29.7 Å².